The van der Waals surface area contributed by atoms with Crippen molar-refractivity contribution in [2.75, 3.05) is 24.5 Å². The minimum Gasteiger partial charge on any atom is -0.339 e. The van der Waals surface area contributed by atoms with Gasteiger partial charge in [0.1, 0.15) is 17.8 Å². The molecule has 0 radical (unpaired) electrons. The number of rotatable bonds is 4. The summed E-state index contributed by atoms with van der Waals surface area (Å²) in [5, 5.41) is 4.24. The van der Waals surface area contributed by atoms with Crippen molar-refractivity contribution in [1.29, 1.82) is 0 Å². The zero-order valence-corrected chi connectivity index (χ0v) is 18.7. The highest BCUT2D eigenvalue weighted by Gasteiger charge is 2.37. The summed E-state index contributed by atoms with van der Waals surface area (Å²) in [5.74, 6) is 0.994. The lowest BCUT2D eigenvalue weighted by Crippen LogP contribution is -2.43. The lowest BCUT2D eigenvalue weighted by atomic mass is 10.0. The number of aromatic nitrogens is 4. The van der Waals surface area contributed by atoms with E-state index in [1.54, 1.807) is 17.3 Å². The molecule has 3 aromatic rings. The highest BCUT2D eigenvalue weighted by Crippen LogP contribution is 2.42. The molecule has 6 rings (SSSR count). The van der Waals surface area contributed by atoms with Crippen molar-refractivity contribution in [2.24, 2.45) is 0 Å². The number of carbonyl (C=O) groups excluding carboxylic acids is 1. The molecule has 1 saturated heterocycles. The summed E-state index contributed by atoms with van der Waals surface area (Å²) < 4.78 is 21.8. The Bertz CT molecular complexity index is 1190. The first-order chi connectivity index (χ1) is 16.1. The number of imidazole rings is 1. The molecule has 1 amide bonds. The van der Waals surface area contributed by atoms with Gasteiger partial charge in [0.25, 0.3) is 0 Å². The first-order valence-corrected chi connectivity index (χ1v) is 11.9. The molecule has 0 spiro atoms. The average Bonchev–Trinajstić information content (AvgIpc) is 3.60. The third-order valence-corrected chi connectivity index (χ3v) is 7.23. The number of anilines is 1. The first-order valence-electron chi connectivity index (χ1n) is 11.9. The monoisotopic (exact) mass is 450 g/mol. The van der Waals surface area contributed by atoms with Crippen LogP contribution in [-0.4, -0.2) is 50.1 Å². The smallest absolute Gasteiger partial charge is 0.241 e. The molecule has 172 valence electrons. The van der Waals surface area contributed by atoms with E-state index in [0.29, 0.717) is 35.6 Å². The Kier molecular flexibility index (Phi) is 5.01. The minimum atomic E-state index is -0.372. The number of nitrogens with zero attached hydrogens (tertiary/aromatic N) is 6. The molecular formula is C24H27FN6O2. The van der Waals surface area contributed by atoms with Gasteiger partial charge in [0, 0.05) is 5.92 Å². The number of benzene rings is 1. The molecule has 1 aromatic carbocycles. The molecule has 9 heteroatoms. The zero-order chi connectivity index (χ0) is 22.5. The molecule has 2 aromatic heterocycles. The Balaban J connectivity index is 1.41. The summed E-state index contributed by atoms with van der Waals surface area (Å²) in [6.07, 6.45) is 8.40. The standard InChI is InChI=1S/C24H27FN6O2/c1-15-22-21(23-27-24(33-28-23)16-6-2-3-7-16)26-14-30(22)18-9-8-17(25)12-19(18)31(15)20(32)13-29-10-4-5-11-29/h8-9,12,14-16H,2-7,10-11,13H2,1H3. The van der Waals surface area contributed by atoms with Gasteiger partial charge in [-0.25, -0.2) is 9.37 Å². The van der Waals surface area contributed by atoms with E-state index in [9.17, 15) is 9.18 Å². The minimum absolute atomic E-state index is 0.0468. The second-order valence-electron chi connectivity index (χ2n) is 9.34. The average molecular weight is 451 g/mol. The fraction of sp³-hybridized carbons (Fsp3) is 0.500. The number of hydrogen-bond donors (Lipinski definition) is 0. The van der Waals surface area contributed by atoms with Gasteiger partial charge in [-0.2, -0.15) is 4.98 Å². The van der Waals surface area contributed by atoms with Crippen molar-refractivity contribution in [3.05, 3.63) is 41.9 Å². The molecule has 1 atom stereocenters. The fourth-order valence-corrected chi connectivity index (χ4v) is 5.57. The number of amides is 1. The Morgan fingerprint density at radius 3 is 2.73 bits per heavy atom. The van der Waals surface area contributed by atoms with Crippen LogP contribution >= 0.6 is 0 Å². The predicted molar refractivity (Wildman–Crippen MR) is 120 cm³/mol. The van der Waals surface area contributed by atoms with Gasteiger partial charge in [-0.3, -0.25) is 14.3 Å². The third kappa shape index (κ3) is 3.45. The second-order valence-corrected chi connectivity index (χ2v) is 9.34. The van der Waals surface area contributed by atoms with E-state index in [2.05, 4.69) is 20.0 Å². The SMILES string of the molecule is CC1c2c(-c3noc(C4CCCC4)n3)ncn2-c2ccc(F)cc2N1C(=O)CN1CCCC1. The van der Waals surface area contributed by atoms with Crippen LogP contribution in [-0.2, 0) is 4.79 Å². The molecular weight excluding hydrogens is 423 g/mol. The van der Waals surface area contributed by atoms with Crippen LogP contribution in [0.4, 0.5) is 10.1 Å². The van der Waals surface area contributed by atoms with E-state index in [1.807, 2.05) is 11.5 Å². The molecule has 4 heterocycles. The Labute approximate surface area is 191 Å². The molecule has 2 aliphatic heterocycles. The van der Waals surface area contributed by atoms with Gasteiger partial charge in [0.2, 0.25) is 17.6 Å². The van der Waals surface area contributed by atoms with Crippen molar-refractivity contribution in [2.45, 2.75) is 57.4 Å². The number of carbonyl (C=O) groups is 1. The molecule has 8 nitrogen and oxygen atoms in total. The number of fused-ring (bicyclic) bond motifs is 3. The molecule has 1 aliphatic carbocycles. The quantitative estimate of drug-likeness (QED) is 0.592. The number of halogens is 1. The van der Waals surface area contributed by atoms with E-state index in [0.717, 1.165) is 50.2 Å². The molecule has 0 bridgehead atoms. The van der Waals surface area contributed by atoms with Gasteiger partial charge in [0.05, 0.1) is 29.7 Å². The maximum atomic E-state index is 14.3. The molecule has 2 fully saturated rings. The highest BCUT2D eigenvalue weighted by atomic mass is 19.1. The van der Waals surface area contributed by atoms with Gasteiger partial charge in [-0.05, 0) is 63.9 Å². The van der Waals surface area contributed by atoms with Gasteiger partial charge in [-0.15, -0.1) is 0 Å². The Morgan fingerprint density at radius 1 is 1.15 bits per heavy atom. The normalized spacial score (nSPS) is 20.9. The van der Waals surface area contributed by atoms with Crippen LogP contribution < -0.4 is 4.90 Å². The van der Waals surface area contributed by atoms with E-state index in [4.69, 9.17) is 4.52 Å². The van der Waals surface area contributed by atoms with Crippen LogP contribution in [0.15, 0.2) is 29.0 Å². The molecule has 3 aliphatic rings. The van der Waals surface area contributed by atoms with Crippen LogP contribution in [0.5, 0.6) is 0 Å². The van der Waals surface area contributed by atoms with Crippen molar-refractivity contribution < 1.29 is 13.7 Å². The summed E-state index contributed by atoms with van der Waals surface area (Å²) in [5.41, 5.74) is 2.69. The summed E-state index contributed by atoms with van der Waals surface area (Å²) >= 11 is 0. The van der Waals surface area contributed by atoms with Gasteiger partial charge < -0.3 is 9.42 Å². The van der Waals surface area contributed by atoms with E-state index < -0.39 is 0 Å². The molecule has 1 unspecified atom stereocenters. The summed E-state index contributed by atoms with van der Waals surface area (Å²) in [6.45, 7) is 4.10. The van der Waals surface area contributed by atoms with E-state index >= 15 is 0 Å². The lowest BCUT2D eigenvalue weighted by molar-refractivity contribution is -0.120. The maximum Gasteiger partial charge on any atom is 0.241 e. The van der Waals surface area contributed by atoms with Crippen molar-refractivity contribution >= 4 is 11.6 Å². The predicted octanol–water partition coefficient (Wildman–Crippen LogP) is 4.22. The van der Waals surface area contributed by atoms with Crippen LogP contribution in [0.1, 0.15) is 69.0 Å². The van der Waals surface area contributed by atoms with Gasteiger partial charge in [-0.1, -0.05) is 18.0 Å². The van der Waals surface area contributed by atoms with Gasteiger partial charge in [0.15, 0.2) is 0 Å². The van der Waals surface area contributed by atoms with E-state index in [1.165, 1.54) is 25.0 Å². The number of hydrogen-bond acceptors (Lipinski definition) is 6. The topological polar surface area (TPSA) is 80.3 Å². The van der Waals surface area contributed by atoms with Crippen LogP contribution in [0.2, 0.25) is 0 Å². The van der Waals surface area contributed by atoms with Crippen LogP contribution in [0.3, 0.4) is 0 Å². The van der Waals surface area contributed by atoms with Gasteiger partial charge >= 0.3 is 0 Å². The second kappa shape index (κ2) is 8.06. The summed E-state index contributed by atoms with van der Waals surface area (Å²) in [4.78, 5) is 26.6. The van der Waals surface area contributed by atoms with Crippen molar-refractivity contribution in [1.82, 2.24) is 24.6 Å². The Morgan fingerprint density at radius 2 is 1.94 bits per heavy atom. The molecule has 1 saturated carbocycles. The van der Waals surface area contributed by atoms with Crippen LogP contribution in [0, 0.1) is 5.82 Å². The largest absolute Gasteiger partial charge is 0.339 e. The maximum absolute atomic E-state index is 14.3. The third-order valence-electron chi connectivity index (χ3n) is 7.23. The molecule has 0 N–H and O–H groups in total. The summed E-state index contributed by atoms with van der Waals surface area (Å²) in [7, 11) is 0. The number of likely N-dealkylation sites (tertiary alicyclic amines) is 1. The van der Waals surface area contributed by atoms with Crippen molar-refractivity contribution in [3.8, 4) is 17.2 Å². The first kappa shape index (κ1) is 20.5. The fourth-order valence-electron chi connectivity index (χ4n) is 5.57. The Hall–Kier alpha value is -3.07. The zero-order valence-electron chi connectivity index (χ0n) is 18.7. The summed E-state index contributed by atoms with van der Waals surface area (Å²) in [6, 6.07) is 4.18. The highest BCUT2D eigenvalue weighted by molar-refractivity contribution is 5.98. The lowest BCUT2D eigenvalue weighted by Gasteiger charge is -2.37. The molecule has 33 heavy (non-hydrogen) atoms. The van der Waals surface area contributed by atoms with Crippen molar-refractivity contribution in [3.63, 3.8) is 0 Å². The van der Waals surface area contributed by atoms with E-state index in [-0.39, 0.29) is 17.8 Å². The van der Waals surface area contributed by atoms with Crippen LogP contribution in [0.25, 0.3) is 17.2 Å².